The van der Waals surface area contributed by atoms with Gasteiger partial charge in [-0.1, -0.05) is 43.5 Å². The monoisotopic (exact) mass is 230 g/mol. The Balaban J connectivity index is 2.86. The van der Waals surface area contributed by atoms with E-state index in [9.17, 15) is 9.59 Å². The van der Waals surface area contributed by atoms with Crippen LogP contribution < -0.4 is 10.6 Å². The molecule has 2 N–H and O–H groups in total. The van der Waals surface area contributed by atoms with Crippen LogP contribution >= 0.6 is 0 Å². The first kappa shape index (κ1) is 12.7. The summed E-state index contributed by atoms with van der Waals surface area (Å²) in [4.78, 5) is 22.5. The highest BCUT2D eigenvalue weighted by molar-refractivity contribution is 5.89. The van der Waals surface area contributed by atoms with Crippen LogP contribution in [-0.2, 0) is 9.59 Å². The standard InChI is InChI=1S/C13H14N2O2/c1-3-11(16)14-13(15-12(17)4-2)10-8-6-5-7-9-10/h3-9,13H,1-2H2,(H,14,16)(H,15,17). The molecule has 0 heterocycles. The van der Waals surface area contributed by atoms with Gasteiger partial charge in [0.1, 0.15) is 6.17 Å². The Kier molecular flexibility index (Phi) is 4.69. The van der Waals surface area contributed by atoms with Crippen molar-refractivity contribution >= 4 is 11.8 Å². The van der Waals surface area contributed by atoms with Crippen molar-refractivity contribution < 1.29 is 9.59 Å². The highest BCUT2D eigenvalue weighted by Crippen LogP contribution is 2.09. The van der Waals surface area contributed by atoms with Crippen LogP contribution in [0.2, 0.25) is 0 Å². The molecule has 2 amide bonds. The fourth-order valence-electron chi connectivity index (χ4n) is 1.25. The molecule has 0 atom stereocenters. The molecule has 1 aromatic rings. The Morgan fingerprint density at radius 1 is 1.00 bits per heavy atom. The summed E-state index contributed by atoms with van der Waals surface area (Å²) in [6.07, 6.45) is 1.71. The summed E-state index contributed by atoms with van der Waals surface area (Å²) in [5, 5.41) is 5.22. The Morgan fingerprint density at radius 3 is 1.88 bits per heavy atom. The van der Waals surface area contributed by atoms with Crippen molar-refractivity contribution in [2.75, 3.05) is 0 Å². The van der Waals surface area contributed by atoms with Gasteiger partial charge in [-0.2, -0.15) is 0 Å². The molecule has 0 aliphatic rings. The molecular formula is C13H14N2O2. The van der Waals surface area contributed by atoms with E-state index < -0.39 is 6.17 Å². The first-order chi connectivity index (χ1) is 8.17. The maximum absolute atomic E-state index is 11.3. The van der Waals surface area contributed by atoms with Gasteiger partial charge in [0.2, 0.25) is 11.8 Å². The quantitative estimate of drug-likeness (QED) is 0.591. The topological polar surface area (TPSA) is 58.2 Å². The van der Waals surface area contributed by atoms with E-state index in [2.05, 4.69) is 23.8 Å². The maximum atomic E-state index is 11.3. The molecule has 1 rings (SSSR count). The molecule has 88 valence electrons. The smallest absolute Gasteiger partial charge is 0.245 e. The van der Waals surface area contributed by atoms with E-state index in [1.54, 1.807) is 12.1 Å². The summed E-state index contributed by atoms with van der Waals surface area (Å²) in [5.41, 5.74) is 0.776. The zero-order valence-electron chi connectivity index (χ0n) is 9.35. The lowest BCUT2D eigenvalue weighted by atomic mass is 10.1. The summed E-state index contributed by atoms with van der Waals surface area (Å²) in [6, 6.07) is 9.10. The fraction of sp³-hybridized carbons (Fsp3) is 0.0769. The third kappa shape index (κ3) is 3.95. The highest BCUT2D eigenvalue weighted by Gasteiger charge is 2.13. The van der Waals surface area contributed by atoms with Crippen molar-refractivity contribution in [3.05, 3.63) is 61.2 Å². The summed E-state index contributed by atoms with van der Waals surface area (Å²) in [7, 11) is 0. The summed E-state index contributed by atoms with van der Waals surface area (Å²) in [5.74, 6) is -0.716. The highest BCUT2D eigenvalue weighted by atomic mass is 16.2. The van der Waals surface area contributed by atoms with Crippen LogP contribution in [-0.4, -0.2) is 11.8 Å². The molecule has 0 saturated heterocycles. The van der Waals surface area contributed by atoms with Gasteiger partial charge in [-0.05, 0) is 17.7 Å². The average molecular weight is 230 g/mol. The first-order valence-electron chi connectivity index (χ1n) is 5.08. The number of nitrogens with one attached hydrogen (secondary N) is 2. The van der Waals surface area contributed by atoms with E-state index in [4.69, 9.17) is 0 Å². The second-order valence-corrected chi connectivity index (χ2v) is 3.27. The minimum atomic E-state index is -0.591. The second-order valence-electron chi connectivity index (χ2n) is 3.27. The number of amides is 2. The third-order valence-electron chi connectivity index (χ3n) is 2.08. The van der Waals surface area contributed by atoms with Crippen molar-refractivity contribution in [2.24, 2.45) is 0 Å². The normalized spacial score (nSPS) is 9.47. The average Bonchev–Trinajstić information content (AvgIpc) is 2.38. The van der Waals surface area contributed by atoms with E-state index >= 15 is 0 Å². The van der Waals surface area contributed by atoms with Gasteiger partial charge >= 0.3 is 0 Å². The number of rotatable bonds is 5. The van der Waals surface area contributed by atoms with Crippen molar-refractivity contribution in [1.82, 2.24) is 10.6 Å². The molecule has 4 nitrogen and oxygen atoms in total. The van der Waals surface area contributed by atoms with Crippen molar-refractivity contribution in [3.63, 3.8) is 0 Å². The van der Waals surface area contributed by atoms with Gasteiger partial charge in [0.15, 0.2) is 0 Å². The molecule has 0 radical (unpaired) electrons. The largest absolute Gasteiger partial charge is 0.328 e. The van der Waals surface area contributed by atoms with Crippen LogP contribution in [0.25, 0.3) is 0 Å². The number of carbonyl (C=O) groups is 2. The Morgan fingerprint density at radius 2 is 1.47 bits per heavy atom. The van der Waals surface area contributed by atoms with E-state index in [-0.39, 0.29) is 11.8 Å². The summed E-state index contributed by atoms with van der Waals surface area (Å²) in [6.45, 7) is 6.72. The molecule has 0 unspecified atom stereocenters. The van der Waals surface area contributed by atoms with Gasteiger partial charge < -0.3 is 10.6 Å². The summed E-state index contributed by atoms with van der Waals surface area (Å²) < 4.78 is 0. The minimum absolute atomic E-state index is 0.358. The van der Waals surface area contributed by atoms with Crippen molar-refractivity contribution in [1.29, 1.82) is 0 Å². The van der Waals surface area contributed by atoms with Gasteiger partial charge in [0.25, 0.3) is 0 Å². The molecule has 0 aliphatic carbocycles. The van der Waals surface area contributed by atoms with Gasteiger partial charge in [-0.25, -0.2) is 0 Å². The molecule has 0 aromatic heterocycles. The molecule has 0 bridgehead atoms. The predicted molar refractivity (Wildman–Crippen MR) is 65.9 cm³/mol. The summed E-state index contributed by atoms with van der Waals surface area (Å²) >= 11 is 0. The Bertz CT molecular complexity index is 404. The predicted octanol–water partition coefficient (Wildman–Crippen LogP) is 1.29. The van der Waals surface area contributed by atoms with Gasteiger partial charge in [0.05, 0.1) is 0 Å². The molecule has 0 saturated carbocycles. The van der Waals surface area contributed by atoms with E-state index in [0.29, 0.717) is 0 Å². The lowest BCUT2D eigenvalue weighted by molar-refractivity contribution is -0.119. The number of hydrogen-bond donors (Lipinski definition) is 2. The zero-order chi connectivity index (χ0) is 12.7. The minimum Gasteiger partial charge on any atom is -0.328 e. The fourth-order valence-corrected chi connectivity index (χ4v) is 1.25. The lowest BCUT2D eigenvalue weighted by Crippen LogP contribution is -2.39. The van der Waals surface area contributed by atoms with Gasteiger partial charge in [-0.3, -0.25) is 9.59 Å². The number of benzene rings is 1. The maximum Gasteiger partial charge on any atom is 0.245 e. The van der Waals surface area contributed by atoms with Crippen LogP contribution in [0, 0.1) is 0 Å². The lowest BCUT2D eigenvalue weighted by Gasteiger charge is -2.19. The van der Waals surface area contributed by atoms with Crippen LogP contribution in [0.4, 0.5) is 0 Å². The van der Waals surface area contributed by atoms with Crippen LogP contribution in [0.3, 0.4) is 0 Å². The van der Waals surface area contributed by atoms with Crippen LogP contribution in [0.15, 0.2) is 55.6 Å². The SMILES string of the molecule is C=CC(=O)NC(NC(=O)C=C)c1ccccc1. The molecule has 4 heteroatoms. The molecule has 0 aliphatic heterocycles. The van der Waals surface area contributed by atoms with Crippen LogP contribution in [0.1, 0.15) is 11.7 Å². The third-order valence-corrected chi connectivity index (χ3v) is 2.08. The van der Waals surface area contributed by atoms with Crippen molar-refractivity contribution in [3.8, 4) is 0 Å². The molecule has 0 fully saturated rings. The zero-order valence-corrected chi connectivity index (χ0v) is 9.35. The molecule has 1 aromatic carbocycles. The van der Waals surface area contributed by atoms with E-state index in [0.717, 1.165) is 17.7 Å². The molecule has 17 heavy (non-hydrogen) atoms. The van der Waals surface area contributed by atoms with Gasteiger partial charge in [0, 0.05) is 0 Å². The van der Waals surface area contributed by atoms with E-state index in [1.165, 1.54) is 0 Å². The molecule has 0 spiro atoms. The van der Waals surface area contributed by atoms with Crippen LogP contribution in [0.5, 0.6) is 0 Å². The van der Waals surface area contributed by atoms with Gasteiger partial charge in [-0.15, -0.1) is 0 Å². The Hall–Kier alpha value is -2.36. The molecular weight excluding hydrogens is 216 g/mol. The Labute approximate surface area is 100 Å². The van der Waals surface area contributed by atoms with E-state index in [1.807, 2.05) is 18.2 Å². The number of carbonyl (C=O) groups excluding carboxylic acids is 2. The first-order valence-corrected chi connectivity index (χ1v) is 5.08. The number of hydrogen-bond acceptors (Lipinski definition) is 2. The van der Waals surface area contributed by atoms with Crippen molar-refractivity contribution in [2.45, 2.75) is 6.17 Å². The second kappa shape index (κ2) is 6.27.